The summed E-state index contributed by atoms with van der Waals surface area (Å²) in [7, 11) is -1.87. The van der Waals surface area contributed by atoms with Crippen molar-refractivity contribution in [1.29, 1.82) is 0 Å². The average molecular weight is 425 g/mol. The minimum absolute atomic E-state index is 0.136. The van der Waals surface area contributed by atoms with Crippen molar-refractivity contribution in [2.24, 2.45) is 0 Å². The van der Waals surface area contributed by atoms with Crippen LogP contribution in [0.3, 0.4) is 0 Å². The topological polar surface area (TPSA) is 75.7 Å². The van der Waals surface area contributed by atoms with Crippen molar-refractivity contribution in [3.8, 4) is 5.75 Å². The predicted octanol–water partition coefficient (Wildman–Crippen LogP) is 3.77. The van der Waals surface area contributed by atoms with Crippen LogP contribution in [-0.2, 0) is 14.8 Å². The fraction of sp³-hybridized carbons (Fsp3) is 0.350. The molecule has 0 spiro atoms. The molecular formula is C20H25ClN2O4S. The van der Waals surface area contributed by atoms with E-state index in [9.17, 15) is 13.2 Å². The van der Waals surface area contributed by atoms with Gasteiger partial charge in [-0.25, -0.2) is 8.42 Å². The van der Waals surface area contributed by atoms with Crippen LogP contribution in [0.5, 0.6) is 5.75 Å². The van der Waals surface area contributed by atoms with E-state index in [1.807, 2.05) is 31.2 Å². The van der Waals surface area contributed by atoms with Gasteiger partial charge in [0.25, 0.3) is 0 Å². The van der Waals surface area contributed by atoms with Crippen molar-refractivity contribution in [2.75, 3.05) is 24.2 Å². The number of hydrogen-bond acceptors (Lipinski definition) is 4. The van der Waals surface area contributed by atoms with E-state index in [0.29, 0.717) is 17.1 Å². The smallest absolute Gasteiger partial charge is 0.232 e. The van der Waals surface area contributed by atoms with E-state index in [2.05, 4.69) is 5.32 Å². The van der Waals surface area contributed by atoms with E-state index in [-0.39, 0.29) is 24.9 Å². The number of rotatable bonds is 9. The van der Waals surface area contributed by atoms with Crippen LogP contribution in [-0.4, -0.2) is 34.2 Å². The SMILES string of the molecule is COc1ccc(C(C)NC(=O)CCCN(c2cccc(Cl)c2)S(C)(=O)=O)cc1. The van der Waals surface area contributed by atoms with Crippen LogP contribution >= 0.6 is 11.6 Å². The zero-order valence-electron chi connectivity index (χ0n) is 16.2. The highest BCUT2D eigenvalue weighted by Gasteiger charge is 2.18. The van der Waals surface area contributed by atoms with Crippen molar-refractivity contribution in [1.82, 2.24) is 5.32 Å². The first-order valence-electron chi connectivity index (χ1n) is 8.87. The molecule has 0 aliphatic carbocycles. The van der Waals surface area contributed by atoms with Crippen LogP contribution in [0.25, 0.3) is 0 Å². The lowest BCUT2D eigenvalue weighted by molar-refractivity contribution is -0.121. The number of carbonyl (C=O) groups is 1. The Bertz CT molecular complexity index is 901. The molecule has 0 saturated heterocycles. The highest BCUT2D eigenvalue weighted by molar-refractivity contribution is 7.92. The fourth-order valence-corrected chi connectivity index (χ4v) is 3.93. The highest BCUT2D eigenvalue weighted by Crippen LogP contribution is 2.22. The zero-order chi connectivity index (χ0) is 20.7. The summed E-state index contributed by atoms with van der Waals surface area (Å²) >= 11 is 5.96. The molecule has 0 bridgehead atoms. The van der Waals surface area contributed by atoms with Gasteiger partial charge in [0, 0.05) is 18.0 Å². The third-order valence-corrected chi connectivity index (χ3v) is 5.68. The largest absolute Gasteiger partial charge is 0.497 e. The summed E-state index contributed by atoms with van der Waals surface area (Å²) in [6.45, 7) is 2.10. The molecule has 1 unspecified atom stereocenters. The molecule has 2 aromatic carbocycles. The number of ether oxygens (including phenoxy) is 1. The highest BCUT2D eigenvalue weighted by atomic mass is 35.5. The van der Waals surface area contributed by atoms with Gasteiger partial charge in [-0.3, -0.25) is 9.10 Å². The van der Waals surface area contributed by atoms with Crippen LogP contribution in [0.1, 0.15) is 31.4 Å². The molecule has 0 radical (unpaired) electrons. The van der Waals surface area contributed by atoms with Gasteiger partial charge in [0.15, 0.2) is 0 Å². The number of anilines is 1. The van der Waals surface area contributed by atoms with Crippen molar-refractivity contribution >= 4 is 33.2 Å². The van der Waals surface area contributed by atoms with E-state index in [0.717, 1.165) is 17.6 Å². The molecule has 28 heavy (non-hydrogen) atoms. The molecular weight excluding hydrogens is 400 g/mol. The number of sulfonamides is 1. The summed E-state index contributed by atoms with van der Waals surface area (Å²) in [5.41, 5.74) is 1.45. The molecule has 0 fully saturated rings. The van der Waals surface area contributed by atoms with Crippen LogP contribution < -0.4 is 14.4 Å². The number of halogens is 1. The summed E-state index contributed by atoms with van der Waals surface area (Å²) in [5.74, 6) is 0.618. The predicted molar refractivity (Wildman–Crippen MR) is 112 cm³/mol. The van der Waals surface area contributed by atoms with Crippen molar-refractivity contribution in [3.05, 3.63) is 59.1 Å². The summed E-state index contributed by atoms with van der Waals surface area (Å²) < 4.78 is 30.6. The standard InChI is InChI=1S/C20H25ClN2O4S/c1-15(16-9-11-19(27-2)12-10-16)22-20(24)8-5-13-23(28(3,25)26)18-7-4-6-17(21)14-18/h4,6-7,9-12,14-15H,5,8,13H2,1-3H3,(H,22,24). The van der Waals surface area contributed by atoms with Crippen molar-refractivity contribution in [3.63, 3.8) is 0 Å². The van der Waals surface area contributed by atoms with Crippen LogP contribution in [0.4, 0.5) is 5.69 Å². The third kappa shape index (κ3) is 6.42. The molecule has 2 rings (SSSR count). The molecule has 0 saturated carbocycles. The van der Waals surface area contributed by atoms with Gasteiger partial charge in [-0.1, -0.05) is 29.8 Å². The first-order valence-corrected chi connectivity index (χ1v) is 11.1. The second-order valence-corrected chi connectivity index (χ2v) is 8.82. The molecule has 1 amide bonds. The number of carbonyl (C=O) groups excluding carboxylic acids is 1. The molecule has 0 aliphatic heterocycles. The lowest BCUT2D eigenvalue weighted by Gasteiger charge is -2.22. The van der Waals surface area contributed by atoms with E-state index < -0.39 is 10.0 Å². The van der Waals surface area contributed by atoms with Gasteiger partial charge in [0.05, 0.1) is 25.1 Å². The Labute approximate surface area is 171 Å². The first kappa shape index (κ1) is 22.0. The van der Waals surface area contributed by atoms with Gasteiger partial charge in [-0.2, -0.15) is 0 Å². The lowest BCUT2D eigenvalue weighted by atomic mass is 10.1. The molecule has 0 heterocycles. The number of nitrogens with zero attached hydrogens (tertiary/aromatic N) is 1. The zero-order valence-corrected chi connectivity index (χ0v) is 17.8. The minimum atomic E-state index is -3.47. The van der Waals surface area contributed by atoms with Crippen LogP contribution in [0, 0.1) is 0 Å². The molecule has 2 aromatic rings. The molecule has 0 aliphatic rings. The molecule has 6 nitrogen and oxygen atoms in total. The Morgan fingerprint density at radius 3 is 2.46 bits per heavy atom. The number of nitrogens with one attached hydrogen (secondary N) is 1. The number of benzene rings is 2. The van der Waals surface area contributed by atoms with Gasteiger partial charge in [-0.15, -0.1) is 0 Å². The maximum Gasteiger partial charge on any atom is 0.232 e. The van der Waals surface area contributed by atoms with E-state index >= 15 is 0 Å². The summed E-state index contributed by atoms with van der Waals surface area (Å²) in [4.78, 5) is 12.2. The summed E-state index contributed by atoms with van der Waals surface area (Å²) in [6, 6.07) is 14.0. The first-order chi connectivity index (χ1) is 13.2. The van der Waals surface area contributed by atoms with Gasteiger partial charge >= 0.3 is 0 Å². The van der Waals surface area contributed by atoms with Crippen molar-refractivity contribution in [2.45, 2.75) is 25.8 Å². The van der Waals surface area contributed by atoms with Crippen LogP contribution in [0.15, 0.2) is 48.5 Å². The second-order valence-electron chi connectivity index (χ2n) is 6.48. The monoisotopic (exact) mass is 424 g/mol. The van der Waals surface area contributed by atoms with Crippen LogP contribution in [0.2, 0.25) is 5.02 Å². The molecule has 1 N–H and O–H groups in total. The second kappa shape index (κ2) is 9.80. The van der Waals surface area contributed by atoms with Gasteiger partial charge in [0.1, 0.15) is 5.75 Å². The summed E-state index contributed by atoms with van der Waals surface area (Å²) in [6.07, 6.45) is 1.74. The van der Waals surface area contributed by atoms with Crippen molar-refractivity contribution < 1.29 is 17.9 Å². The Morgan fingerprint density at radius 1 is 1.21 bits per heavy atom. The Kier molecular flexibility index (Phi) is 7.71. The Hall–Kier alpha value is -2.25. The molecule has 0 aromatic heterocycles. The quantitative estimate of drug-likeness (QED) is 0.664. The fourth-order valence-electron chi connectivity index (χ4n) is 2.79. The van der Waals surface area contributed by atoms with E-state index in [1.54, 1.807) is 31.4 Å². The Morgan fingerprint density at radius 2 is 1.89 bits per heavy atom. The molecule has 8 heteroatoms. The molecule has 152 valence electrons. The van der Waals surface area contributed by atoms with Gasteiger partial charge in [-0.05, 0) is 49.2 Å². The third-order valence-electron chi connectivity index (χ3n) is 4.25. The minimum Gasteiger partial charge on any atom is -0.497 e. The van der Waals surface area contributed by atoms with Gasteiger partial charge < -0.3 is 10.1 Å². The normalized spacial score (nSPS) is 12.3. The number of methoxy groups -OCH3 is 1. The maximum absolute atomic E-state index is 12.2. The lowest BCUT2D eigenvalue weighted by Crippen LogP contribution is -2.32. The van der Waals surface area contributed by atoms with E-state index in [1.165, 1.54) is 4.31 Å². The number of amides is 1. The van der Waals surface area contributed by atoms with E-state index in [4.69, 9.17) is 16.3 Å². The summed E-state index contributed by atoms with van der Waals surface area (Å²) in [5, 5.41) is 3.38. The van der Waals surface area contributed by atoms with Gasteiger partial charge in [0.2, 0.25) is 15.9 Å². The Balaban J connectivity index is 1.91. The number of hydrogen-bond donors (Lipinski definition) is 1. The average Bonchev–Trinajstić information content (AvgIpc) is 2.64. The maximum atomic E-state index is 12.2. The molecule has 1 atom stereocenters.